The molecule has 5 rings (SSSR count). The van der Waals surface area contributed by atoms with Crippen LogP contribution in [-0.2, 0) is 4.79 Å². The van der Waals surface area contributed by atoms with E-state index in [9.17, 15) is 4.79 Å². The van der Waals surface area contributed by atoms with Gasteiger partial charge in [0, 0.05) is 17.5 Å². The van der Waals surface area contributed by atoms with Gasteiger partial charge in [-0.1, -0.05) is 6.92 Å². The fourth-order valence-corrected chi connectivity index (χ4v) is 6.50. The van der Waals surface area contributed by atoms with Crippen LogP contribution in [-0.4, -0.2) is 17.5 Å². The molecule has 0 saturated heterocycles. The second-order valence-corrected chi connectivity index (χ2v) is 8.96. The van der Waals surface area contributed by atoms with Crippen LogP contribution in [0.3, 0.4) is 0 Å². The molecule has 0 aliphatic heterocycles. The van der Waals surface area contributed by atoms with Crippen molar-refractivity contribution in [2.75, 3.05) is 0 Å². The highest BCUT2D eigenvalue weighted by Gasteiger charge is 2.52. The molecule has 0 aromatic carbocycles. The zero-order valence-corrected chi connectivity index (χ0v) is 13.3. The van der Waals surface area contributed by atoms with Crippen molar-refractivity contribution in [1.82, 2.24) is 5.32 Å². The number of carbonyl (C=O) groups excluding carboxylic acids is 1. The molecule has 5 aliphatic carbocycles. The number of hydrogen-bond acceptors (Lipinski definition) is 2. The summed E-state index contributed by atoms with van der Waals surface area (Å²) in [6.45, 7) is 2.24. The third-order valence-electron chi connectivity index (χ3n) is 6.78. The van der Waals surface area contributed by atoms with E-state index < -0.39 is 0 Å². The van der Waals surface area contributed by atoms with Crippen LogP contribution >= 0.6 is 0 Å². The van der Waals surface area contributed by atoms with Gasteiger partial charge in [-0.25, -0.2) is 0 Å². The van der Waals surface area contributed by atoms with E-state index in [1.54, 1.807) is 0 Å². The first kappa shape index (κ1) is 14.0. The third-order valence-corrected chi connectivity index (χ3v) is 6.78. The Balaban J connectivity index is 1.44. The molecule has 0 aromatic heterocycles. The number of rotatable bonds is 2. The molecule has 5 fully saturated rings. The number of nitrogens with one attached hydrogen (secondary N) is 1. The second kappa shape index (κ2) is 4.97. The molecule has 0 heterocycles. The van der Waals surface area contributed by atoms with E-state index in [1.165, 1.54) is 38.5 Å². The molecular formula is C18H30N2O. The van der Waals surface area contributed by atoms with Gasteiger partial charge in [0.05, 0.1) is 0 Å². The quantitative estimate of drug-likeness (QED) is 0.821. The van der Waals surface area contributed by atoms with Crippen LogP contribution in [0, 0.1) is 29.6 Å². The van der Waals surface area contributed by atoms with Gasteiger partial charge < -0.3 is 11.1 Å². The predicted molar refractivity (Wildman–Crippen MR) is 83.5 cm³/mol. The lowest BCUT2D eigenvalue weighted by Gasteiger charge is -2.57. The van der Waals surface area contributed by atoms with Crippen LogP contribution in [0.1, 0.15) is 64.7 Å². The van der Waals surface area contributed by atoms with E-state index in [0.717, 1.165) is 37.0 Å². The van der Waals surface area contributed by atoms with Gasteiger partial charge in [-0.2, -0.15) is 0 Å². The normalized spacial score (nSPS) is 51.9. The SMILES string of the molecule is CC1CC(N)CC(C(=O)NC23CC4CC(CC(C4)C2)C3)C1. The minimum Gasteiger partial charge on any atom is -0.350 e. The molecule has 118 valence electrons. The second-order valence-electron chi connectivity index (χ2n) is 8.96. The molecule has 4 bridgehead atoms. The Labute approximate surface area is 128 Å². The van der Waals surface area contributed by atoms with Gasteiger partial charge in [-0.15, -0.1) is 0 Å². The summed E-state index contributed by atoms with van der Waals surface area (Å²) in [5.74, 6) is 3.76. The highest BCUT2D eigenvalue weighted by molar-refractivity contribution is 5.79. The van der Waals surface area contributed by atoms with Crippen LogP contribution in [0.2, 0.25) is 0 Å². The van der Waals surface area contributed by atoms with Crippen molar-refractivity contribution < 1.29 is 4.79 Å². The topological polar surface area (TPSA) is 55.1 Å². The van der Waals surface area contributed by atoms with E-state index in [0.29, 0.717) is 11.8 Å². The summed E-state index contributed by atoms with van der Waals surface area (Å²) in [6, 6.07) is 0.223. The monoisotopic (exact) mass is 290 g/mol. The highest BCUT2D eigenvalue weighted by Crippen LogP contribution is 2.55. The standard InChI is InChI=1S/C18H30N2O/c1-11-2-15(7-16(19)3-11)17(21)20-18-8-12-4-13(9-18)6-14(5-12)10-18/h11-16H,2-10,19H2,1H3,(H,20,21). The summed E-state index contributed by atoms with van der Waals surface area (Å²) in [4.78, 5) is 12.8. The lowest BCUT2D eigenvalue weighted by atomic mass is 9.53. The highest BCUT2D eigenvalue weighted by atomic mass is 16.2. The summed E-state index contributed by atoms with van der Waals surface area (Å²) in [5, 5.41) is 3.54. The first-order valence-electron chi connectivity index (χ1n) is 9.09. The van der Waals surface area contributed by atoms with Crippen molar-refractivity contribution >= 4 is 5.91 Å². The van der Waals surface area contributed by atoms with Gasteiger partial charge in [0.2, 0.25) is 5.91 Å². The Bertz CT molecular complexity index is 388. The molecule has 3 heteroatoms. The third kappa shape index (κ3) is 2.62. The maximum Gasteiger partial charge on any atom is 0.223 e. The number of hydrogen-bond donors (Lipinski definition) is 2. The molecule has 3 unspecified atom stereocenters. The van der Waals surface area contributed by atoms with Crippen molar-refractivity contribution in [3.8, 4) is 0 Å². The molecule has 0 radical (unpaired) electrons. The average molecular weight is 290 g/mol. The van der Waals surface area contributed by atoms with E-state index in [1.807, 2.05) is 0 Å². The van der Waals surface area contributed by atoms with Crippen LogP contribution < -0.4 is 11.1 Å². The van der Waals surface area contributed by atoms with Crippen LogP contribution in [0.5, 0.6) is 0 Å². The Hall–Kier alpha value is -0.570. The summed E-state index contributed by atoms with van der Waals surface area (Å²) >= 11 is 0. The Morgan fingerprint density at radius 1 is 0.952 bits per heavy atom. The van der Waals surface area contributed by atoms with E-state index in [-0.39, 0.29) is 17.5 Å². The van der Waals surface area contributed by atoms with E-state index >= 15 is 0 Å². The molecular weight excluding hydrogens is 260 g/mol. The molecule has 3 nitrogen and oxygen atoms in total. The van der Waals surface area contributed by atoms with Crippen LogP contribution in [0.25, 0.3) is 0 Å². The summed E-state index contributed by atoms with van der Waals surface area (Å²) in [7, 11) is 0. The molecule has 5 saturated carbocycles. The summed E-state index contributed by atoms with van der Waals surface area (Å²) < 4.78 is 0. The molecule has 3 N–H and O–H groups in total. The molecule has 21 heavy (non-hydrogen) atoms. The van der Waals surface area contributed by atoms with Gasteiger partial charge in [0.1, 0.15) is 0 Å². The van der Waals surface area contributed by atoms with Crippen molar-refractivity contribution in [2.45, 2.75) is 76.3 Å². The lowest BCUT2D eigenvalue weighted by molar-refractivity contribution is -0.132. The zero-order valence-electron chi connectivity index (χ0n) is 13.3. The molecule has 0 aromatic rings. The minimum atomic E-state index is 0.163. The van der Waals surface area contributed by atoms with Gasteiger partial charge >= 0.3 is 0 Å². The first-order chi connectivity index (χ1) is 10.0. The smallest absolute Gasteiger partial charge is 0.223 e. The number of nitrogens with two attached hydrogens (primary N) is 1. The van der Waals surface area contributed by atoms with Gasteiger partial charge in [0.15, 0.2) is 0 Å². The predicted octanol–water partition coefficient (Wildman–Crippen LogP) is 2.83. The Kier molecular flexibility index (Phi) is 3.33. The fourth-order valence-electron chi connectivity index (χ4n) is 6.50. The molecule has 1 amide bonds. The lowest BCUT2D eigenvalue weighted by Crippen LogP contribution is -2.61. The summed E-state index contributed by atoms with van der Waals surface area (Å²) in [6.07, 6.45) is 11.0. The maximum atomic E-state index is 12.8. The van der Waals surface area contributed by atoms with Gasteiger partial charge in [-0.3, -0.25) is 4.79 Å². The fraction of sp³-hybridized carbons (Fsp3) is 0.944. The first-order valence-corrected chi connectivity index (χ1v) is 9.09. The Morgan fingerprint density at radius 3 is 2.05 bits per heavy atom. The number of carbonyl (C=O) groups is 1. The van der Waals surface area contributed by atoms with Gasteiger partial charge in [-0.05, 0) is 81.5 Å². The number of amides is 1. The van der Waals surface area contributed by atoms with E-state index in [2.05, 4.69) is 12.2 Å². The largest absolute Gasteiger partial charge is 0.350 e. The van der Waals surface area contributed by atoms with Crippen LogP contribution in [0.15, 0.2) is 0 Å². The van der Waals surface area contributed by atoms with E-state index in [4.69, 9.17) is 5.73 Å². The molecule has 5 aliphatic rings. The molecule has 0 spiro atoms. The van der Waals surface area contributed by atoms with Crippen molar-refractivity contribution in [3.63, 3.8) is 0 Å². The van der Waals surface area contributed by atoms with Crippen LogP contribution in [0.4, 0.5) is 0 Å². The van der Waals surface area contributed by atoms with Gasteiger partial charge in [0.25, 0.3) is 0 Å². The Morgan fingerprint density at radius 2 is 1.52 bits per heavy atom. The molecule has 3 atom stereocenters. The van der Waals surface area contributed by atoms with Crippen molar-refractivity contribution in [3.05, 3.63) is 0 Å². The van der Waals surface area contributed by atoms with Crippen molar-refractivity contribution in [2.24, 2.45) is 35.3 Å². The maximum absolute atomic E-state index is 12.8. The summed E-state index contributed by atoms with van der Waals surface area (Å²) in [5.41, 5.74) is 6.30. The van der Waals surface area contributed by atoms with Crippen molar-refractivity contribution in [1.29, 1.82) is 0 Å². The minimum absolute atomic E-state index is 0.163. The average Bonchev–Trinajstić information content (AvgIpc) is 2.35. The zero-order chi connectivity index (χ0) is 14.6.